The number of benzene rings is 1. The molecule has 0 saturated carbocycles. The fraction of sp³-hybridized carbons (Fsp3) is 0.231. The van der Waals surface area contributed by atoms with Crippen molar-refractivity contribution >= 4 is 21.9 Å². The molecule has 1 aromatic carbocycles. The molecule has 0 aliphatic heterocycles. The summed E-state index contributed by atoms with van der Waals surface area (Å²) in [5.74, 6) is -1.22. The second kappa shape index (κ2) is 4.24. The van der Waals surface area contributed by atoms with Gasteiger partial charge in [0.1, 0.15) is 5.69 Å². The largest absolute Gasteiger partial charge is 0.475 e. The van der Waals surface area contributed by atoms with Crippen molar-refractivity contribution in [1.82, 2.24) is 5.16 Å². The summed E-state index contributed by atoms with van der Waals surface area (Å²) in [6, 6.07) is 5.56. The van der Waals surface area contributed by atoms with Gasteiger partial charge in [0, 0.05) is 16.1 Å². The van der Waals surface area contributed by atoms with Crippen LogP contribution in [0.15, 0.2) is 27.2 Å². The average Bonchev–Trinajstić information content (AvgIpc) is 2.95. The van der Waals surface area contributed by atoms with E-state index in [1.165, 1.54) is 17.2 Å². The van der Waals surface area contributed by atoms with Gasteiger partial charge in [-0.1, -0.05) is 21.1 Å². The Morgan fingerprint density at radius 3 is 2.89 bits per heavy atom. The summed E-state index contributed by atoms with van der Waals surface area (Å²) in [5.41, 5.74) is 4.11. The molecule has 5 heteroatoms. The van der Waals surface area contributed by atoms with Crippen LogP contribution in [0.5, 0.6) is 0 Å². The Hall–Kier alpha value is -1.62. The van der Waals surface area contributed by atoms with Crippen LogP contribution in [0.2, 0.25) is 0 Å². The van der Waals surface area contributed by atoms with Gasteiger partial charge in [-0.2, -0.15) is 0 Å². The van der Waals surface area contributed by atoms with E-state index in [1.54, 1.807) is 0 Å². The Bertz CT molecular complexity index is 633. The number of hydrogen-bond acceptors (Lipinski definition) is 3. The minimum Gasteiger partial charge on any atom is -0.475 e. The van der Waals surface area contributed by atoms with Gasteiger partial charge in [-0.25, -0.2) is 4.79 Å². The molecule has 2 aromatic rings. The lowest BCUT2D eigenvalue weighted by Crippen LogP contribution is -1.92. The fourth-order valence-electron chi connectivity index (χ4n) is 2.40. The van der Waals surface area contributed by atoms with Gasteiger partial charge >= 0.3 is 5.97 Å². The molecule has 18 heavy (non-hydrogen) atoms. The third-order valence-corrected chi connectivity index (χ3v) is 3.63. The lowest BCUT2D eigenvalue weighted by molar-refractivity contribution is 0.0652. The molecular formula is C13H10BrNO3. The van der Waals surface area contributed by atoms with E-state index in [-0.39, 0.29) is 5.76 Å². The molecule has 1 aliphatic carbocycles. The molecule has 0 amide bonds. The quantitative estimate of drug-likeness (QED) is 0.924. The van der Waals surface area contributed by atoms with Crippen LogP contribution in [0.4, 0.5) is 0 Å². The van der Waals surface area contributed by atoms with Crippen LogP contribution in [0.1, 0.15) is 28.1 Å². The molecule has 3 rings (SSSR count). The molecule has 92 valence electrons. The minimum atomic E-state index is -1.10. The molecule has 0 saturated heterocycles. The Kier molecular flexibility index (Phi) is 2.70. The highest BCUT2D eigenvalue weighted by Crippen LogP contribution is 2.35. The number of rotatable bonds is 2. The number of carboxylic acid groups (broad SMARTS) is 1. The molecule has 1 heterocycles. The molecule has 4 nitrogen and oxygen atoms in total. The summed E-state index contributed by atoms with van der Waals surface area (Å²) in [6.07, 6.45) is 3.20. The first-order valence-corrected chi connectivity index (χ1v) is 6.46. The third kappa shape index (κ3) is 1.84. The number of fused-ring (bicyclic) bond motifs is 1. The molecule has 1 aliphatic rings. The predicted octanol–water partition coefficient (Wildman–Crippen LogP) is 3.29. The van der Waals surface area contributed by atoms with E-state index in [0.717, 1.165) is 29.3 Å². The smallest absolute Gasteiger partial charge is 0.374 e. The second-order valence-corrected chi connectivity index (χ2v) is 5.24. The van der Waals surface area contributed by atoms with Crippen LogP contribution in [-0.4, -0.2) is 16.2 Å². The Labute approximate surface area is 112 Å². The van der Waals surface area contributed by atoms with Crippen LogP contribution < -0.4 is 0 Å². The topological polar surface area (TPSA) is 63.3 Å². The summed E-state index contributed by atoms with van der Waals surface area (Å²) in [6.45, 7) is 0. The summed E-state index contributed by atoms with van der Waals surface area (Å²) in [5, 5.41) is 12.7. The number of carboxylic acids is 1. The number of nitrogens with zero attached hydrogens (tertiary/aromatic N) is 1. The highest BCUT2D eigenvalue weighted by Gasteiger charge is 2.20. The van der Waals surface area contributed by atoms with Crippen molar-refractivity contribution in [2.75, 3.05) is 0 Å². The Balaban J connectivity index is 2.13. The van der Waals surface area contributed by atoms with Crippen LogP contribution in [0.3, 0.4) is 0 Å². The molecule has 0 fully saturated rings. The van der Waals surface area contributed by atoms with E-state index in [9.17, 15) is 4.79 Å². The summed E-state index contributed by atoms with van der Waals surface area (Å²) in [4.78, 5) is 10.8. The Morgan fingerprint density at radius 2 is 2.17 bits per heavy atom. The van der Waals surface area contributed by atoms with Crippen LogP contribution in [-0.2, 0) is 12.8 Å². The van der Waals surface area contributed by atoms with Crippen molar-refractivity contribution in [3.8, 4) is 11.3 Å². The molecule has 0 radical (unpaired) electrons. The van der Waals surface area contributed by atoms with Crippen LogP contribution >= 0.6 is 15.9 Å². The van der Waals surface area contributed by atoms with E-state index in [0.29, 0.717) is 5.69 Å². The van der Waals surface area contributed by atoms with Gasteiger partial charge in [0.05, 0.1) is 0 Å². The van der Waals surface area contributed by atoms with E-state index in [2.05, 4.69) is 27.2 Å². The first-order valence-electron chi connectivity index (χ1n) is 5.67. The zero-order chi connectivity index (χ0) is 12.7. The van der Waals surface area contributed by atoms with Crippen molar-refractivity contribution in [2.45, 2.75) is 19.3 Å². The standard InChI is InChI=1S/C13H10BrNO3/c14-8-4-7-2-1-3-9(7)10(5-8)11-6-12(13(16)17)18-15-11/h4-6H,1-3H2,(H,16,17). The van der Waals surface area contributed by atoms with Gasteiger partial charge in [-0.05, 0) is 42.5 Å². The number of aromatic nitrogens is 1. The van der Waals surface area contributed by atoms with Gasteiger partial charge in [-0.15, -0.1) is 0 Å². The molecule has 0 bridgehead atoms. The molecule has 0 atom stereocenters. The average molecular weight is 308 g/mol. The van der Waals surface area contributed by atoms with Gasteiger partial charge in [0.15, 0.2) is 0 Å². The van der Waals surface area contributed by atoms with Crippen molar-refractivity contribution in [3.05, 3.63) is 39.6 Å². The van der Waals surface area contributed by atoms with Gasteiger partial charge < -0.3 is 9.63 Å². The lowest BCUT2D eigenvalue weighted by atomic mass is 10.0. The maximum Gasteiger partial charge on any atom is 0.374 e. The van der Waals surface area contributed by atoms with Crippen molar-refractivity contribution in [1.29, 1.82) is 0 Å². The SMILES string of the molecule is O=C(O)c1cc(-c2cc(Br)cc3c2CCC3)no1. The molecule has 1 aromatic heterocycles. The van der Waals surface area contributed by atoms with E-state index in [1.807, 2.05) is 6.07 Å². The van der Waals surface area contributed by atoms with Crippen molar-refractivity contribution < 1.29 is 14.4 Å². The molecule has 0 unspecified atom stereocenters. The van der Waals surface area contributed by atoms with Crippen LogP contribution in [0.25, 0.3) is 11.3 Å². The monoisotopic (exact) mass is 307 g/mol. The number of halogens is 1. The van der Waals surface area contributed by atoms with E-state index < -0.39 is 5.97 Å². The lowest BCUT2D eigenvalue weighted by Gasteiger charge is -2.06. The number of carbonyl (C=O) groups is 1. The first kappa shape index (κ1) is 11.5. The maximum absolute atomic E-state index is 10.8. The number of aryl methyl sites for hydroxylation is 1. The predicted molar refractivity (Wildman–Crippen MR) is 68.6 cm³/mol. The highest BCUT2D eigenvalue weighted by molar-refractivity contribution is 9.10. The number of hydrogen-bond donors (Lipinski definition) is 1. The van der Waals surface area contributed by atoms with Crippen LogP contribution in [0, 0.1) is 0 Å². The van der Waals surface area contributed by atoms with E-state index in [4.69, 9.17) is 9.63 Å². The zero-order valence-electron chi connectivity index (χ0n) is 9.44. The Morgan fingerprint density at radius 1 is 1.33 bits per heavy atom. The minimum absolute atomic E-state index is 0.128. The normalized spacial score (nSPS) is 13.6. The fourth-order valence-corrected chi connectivity index (χ4v) is 2.90. The second-order valence-electron chi connectivity index (χ2n) is 4.33. The number of aromatic carboxylic acids is 1. The molecular weight excluding hydrogens is 298 g/mol. The first-order chi connectivity index (χ1) is 8.65. The zero-order valence-corrected chi connectivity index (χ0v) is 11.0. The molecule has 1 N–H and O–H groups in total. The van der Waals surface area contributed by atoms with Crippen molar-refractivity contribution in [2.24, 2.45) is 0 Å². The molecule has 0 spiro atoms. The van der Waals surface area contributed by atoms with Gasteiger partial charge in [0.25, 0.3) is 0 Å². The summed E-state index contributed by atoms with van der Waals surface area (Å²) >= 11 is 3.47. The van der Waals surface area contributed by atoms with Gasteiger partial charge in [-0.3, -0.25) is 0 Å². The van der Waals surface area contributed by atoms with E-state index >= 15 is 0 Å². The maximum atomic E-state index is 10.8. The summed E-state index contributed by atoms with van der Waals surface area (Å²) < 4.78 is 5.80. The van der Waals surface area contributed by atoms with Crippen molar-refractivity contribution in [3.63, 3.8) is 0 Å². The highest BCUT2D eigenvalue weighted by atomic mass is 79.9. The third-order valence-electron chi connectivity index (χ3n) is 3.18. The summed E-state index contributed by atoms with van der Waals surface area (Å²) in [7, 11) is 0. The van der Waals surface area contributed by atoms with Gasteiger partial charge in [0.2, 0.25) is 5.76 Å².